The number of hydrogen-bond donors (Lipinski definition) is 1. The van der Waals surface area contributed by atoms with Crippen molar-refractivity contribution in [1.29, 1.82) is 0 Å². The van der Waals surface area contributed by atoms with Crippen LogP contribution in [0.4, 0.5) is 11.4 Å². The molecule has 3 aromatic rings. The molecule has 3 heterocycles. The summed E-state index contributed by atoms with van der Waals surface area (Å²) in [7, 11) is 0. The molecule has 0 radical (unpaired) electrons. The quantitative estimate of drug-likeness (QED) is 0.186. The number of thioether (sulfide) groups is 1. The first-order valence-corrected chi connectivity index (χ1v) is 19.0. The third-order valence-corrected chi connectivity index (χ3v) is 13.2. The zero-order valence-electron chi connectivity index (χ0n) is 29.9. The number of carbonyl (C=O) groups is 3. The average molecular weight is 707 g/mol. The van der Waals surface area contributed by atoms with E-state index in [0.29, 0.717) is 25.2 Å². The fourth-order valence-electron chi connectivity index (χ4n) is 8.82. The summed E-state index contributed by atoms with van der Waals surface area (Å²) in [5.41, 5.74) is 3.51. The molecule has 3 saturated heterocycles. The molecule has 6 rings (SSSR count). The Morgan fingerprint density at radius 1 is 0.922 bits per heavy atom. The van der Waals surface area contributed by atoms with Gasteiger partial charge in [-0.1, -0.05) is 79.7 Å². The largest absolute Gasteiger partial charge is 0.394 e. The molecule has 268 valence electrons. The van der Waals surface area contributed by atoms with E-state index >= 15 is 9.59 Å². The summed E-state index contributed by atoms with van der Waals surface area (Å²) in [6, 6.07) is 25.5. The summed E-state index contributed by atoms with van der Waals surface area (Å²) in [6.45, 7) is 16.6. The van der Waals surface area contributed by atoms with Crippen molar-refractivity contribution in [2.75, 3.05) is 42.6 Å². The highest BCUT2D eigenvalue weighted by molar-refractivity contribution is 8.02. The highest BCUT2D eigenvalue weighted by Gasteiger charge is 2.77. The Bertz CT molecular complexity index is 1720. The van der Waals surface area contributed by atoms with Crippen LogP contribution in [0, 0.1) is 17.8 Å². The predicted octanol–water partition coefficient (Wildman–Crippen LogP) is 6.34. The minimum Gasteiger partial charge on any atom is -0.394 e. The molecule has 3 aliphatic heterocycles. The lowest BCUT2D eigenvalue weighted by Gasteiger charge is -2.42. The smallest absolute Gasteiger partial charge is 0.251 e. The van der Waals surface area contributed by atoms with E-state index in [0.717, 1.165) is 29.9 Å². The number of fused-ring (bicyclic) bond motifs is 1. The molecular weight excluding hydrogens is 657 g/mol. The Kier molecular flexibility index (Phi) is 11.1. The molecule has 7 atom stereocenters. The molecule has 3 unspecified atom stereocenters. The minimum absolute atomic E-state index is 0.0304. The van der Waals surface area contributed by atoms with Crippen molar-refractivity contribution in [2.45, 2.75) is 55.8 Å². The van der Waals surface area contributed by atoms with Gasteiger partial charge in [0.15, 0.2) is 0 Å². The number of aliphatic hydroxyl groups excluding tert-OH is 1. The predicted molar refractivity (Wildman–Crippen MR) is 206 cm³/mol. The molecule has 1 N–H and O–H groups in total. The maximum absolute atomic E-state index is 15.4. The standard InChI is InChI=1S/C42H50N4O4S/c1-6-24-44(27-30-16-12-10-13-17-30)39(48)36-35-26-29(5)42(51-35)37(36)40(49)46(34(28-47)31-18-14-11-15-19-31)38(42)41(50)45(25-7-2)33-22-20-32(21-23-33)43(8-3)9-4/h6-7,10-23,29,34-38,47H,1-2,8-9,24-28H2,3-5H3/t29?,34-,35+,36-,37+,38?,42?/m1/s1. The van der Waals surface area contributed by atoms with E-state index in [4.69, 9.17) is 0 Å². The van der Waals surface area contributed by atoms with Gasteiger partial charge in [-0.05, 0) is 61.6 Å². The number of amides is 3. The fraction of sp³-hybridized carbons (Fsp3) is 0.405. The first-order chi connectivity index (χ1) is 24.7. The van der Waals surface area contributed by atoms with Crippen LogP contribution < -0.4 is 9.80 Å². The molecule has 1 spiro atoms. The Morgan fingerprint density at radius 2 is 1.53 bits per heavy atom. The first-order valence-electron chi connectivity index (χ1n) is 18.1. The van der Waals surface area contributed by atoms with Crippen LogP contribution in [0.5, 0.6) is 0 Å². The van der Waals surface area contributed by atoms with E-state index in [1.165, 1.54) is 0 Å². The molecular formula is C42H50N4O4S. The van der Waals surface area contributed by atoms with Crippen molar-refractivity contribution in [2.24, 2.45) is 17.8 Å². The number of likely N-dealkylation sites (tertiary alicyclic amines) is 1. The van der Waals surface area contributed by atoms with Crippen LogP contribution in [-0.2, 0) is 20.9 Å². The van der Waals surface area contributed by atoms with Crippen LogP contribution in [0.25, 0.3) is 0 Å². The lowest BCUT2D eigenvalue weighted by Crippen LogP contribution is -2.58. The normalized spacial score (nSPS) is 25.3. The van der Waals surface area contributed by atoms with Crippen molar-refractivity contribution >= 4 is 40.9 Å². The first kappa shape index (κ1) is 36.5. The second-order valence-corrected chi connectivity index (χ2v) is 15.4. The van der Waals surface area contributed by atoms with E-state index in [-0.39, 0.29) is 42.0 Å². The third-order valence-electron chi connectivity index (χ3n) is 11.1. The lowest BCUT2D eigenvalue weighted by molar-refractivity contribution is -0.146. The Hall–Kier alpha value is -4.34. The highest BCUT2D eigenvalue weighted by Crippen LogP contribution is 2.69. The number of benzene rings is 3. The summed E-state index contributed by atoms with van der Waals surface area (Å²) >= 11 is 1.65. The highest BCUT2D eigenvalue weighted by atomic mass is 32.2. The zero-order chi connectivity index (χ0) is 36.3. The average Bonchev–Trinajstić information content (AvgIpc) is 3.75. The molecule has 2 bridgehead atoms. The number of carbonyl (C=O) groups excluding carboxylic acids is 3. The van der Waals surface area contributed by atoms with Gasteiger partial charge in [0.2, 0.25) is 11.8 Å². The number of rotatable bonds is 15. The molecule has 3 fully saturated rings. The molecule has 51 heavy (non-hydrogen) atoms. The topological polar surface area (TPSA) is 84.4 Å². The molecule has 0 aromatic heterocycles. The monoisotopic (exact) mass is 706 g/mol. The number of hydrogen-bond acceptors (Lipinski definition) is 6. The van der Waals surface area contributed by atoms with Gasteiger partial charge in [-0.2, -0.15) is 0 Å². The molecule has 0 saturated carbocycles. The Morgan fingerprint density at radius 3 is 2.12 bits per heavy atom. The third kappa shape index (κ3) is 6.40. The van der Waals surface area contributed by atoms with Gasteiger partial charge in [0, 0.05) is 49.3 Å². The van der Waals surface area contributed by atoms with Gasteiger partial charge in [0.05, 0.1) is 29.2 Å². The molecule has 9 heteroatoms. The summed E-state index contributed by atoms with van der Waals surface area (Å²) in [4.78, 5) is 52.7. The zero-order valence-corrected chi connectivity index (χ0v) is 30.8. The molecule has 3 aliphatic rings. The van der Waals surface area contributed by atoms with Gasteiger partial charge in [-0.15, -0.1) is 24.9 Å². The number of anilines is 2. The molecule has 3 aromatic carbocycles. The van der Waals surface area contributed by atoms with Crippen LogP contribution >= 0.6 is 11.8 Å². The molecule has 0 aliphatic carbocycles. The van der Waals surface area contributed by atoms with Crippen LogP contribution in [0.1, 0.15) is 44.4 Å². The van der Waals surface area contributed by atoms with Gasteiger partial charge in [0.25, 0.3) is 5.91 Å². The molecule has 3 amide bonds. The SMILES string of the molecule is C=CCN(Cc1ccccc1)C(=O)[C@@H]1[C@@H]2CC(C)C3(S2)C(C(=O)N(CC=C)c2ccc(N(CC)CC)cc2)N([C@H](CO)c2ccccc2)C(=O)[C@H]13. The Balaban J connectivity index is 1.45. The van der Waals surface area contributed by atoms with Crippen molar-refractivity contribution < 1.29 is 19.5 Å². The van der Waals surface area contributed by atoms with Crippen molar-refractivity contribution in [3.05, 3.63) is 121 Å². The van der Waals surface area contributed by atoms with Crippen molar-refractivity contribution in [1.82, 2.24) is 9.80 Å². The van der Waals surface area contributed by atoms with Gasteiger partial charge < -0.3 is 24.7 Å². The van der Waals surface area contributed by atoms with Gasteiger partial charge >= 0.3 is 0 Å². The van der Waals surface area contributed by atoms with Crippen LogP contribution in [0.3, 0.4) is 0 Å². The van der Waals surface area contributed by atoms with Crippen LogP contribution in [0.2, 0.25) is 0 Å². The maximum Gasteiger partial charge on any atom is 0.251 e. The summed E-state index contributed by atoms with van der Waals surface area (Å²) in [5, 5.41) is 10.9. The van der Waals surface area contributed by atoms with Gasteiger partial charge in [-0.3, -0.25) is 14.4 Å². The van der Waals surface area contributed by atoms with Gasteiger partial charge in [-0.25, -0.2) is 0 Å². The summed E-state index contributed by atoms with van der Waals surface area (Å²) < 4.78 is -0.867. The number of aliphatic hydroxyl groups is 1. The van der Waals surface area contributed by atoms with E-state index in [2.05, 4.69) is 38.8 Å². The lowest BCUT2D eigenvalue weighted by atomic mass is 9.65. The maximum atomic E-state index is 15.4. The van der Waals surface area contributed by atoms with E-state index in [1.807, 2.05) is 84.9 Å². The second-order valence-electron chi connectivity index (χ2n) is 13.8. The summed E-state index contributed by atoms with van der Waals surface area (Å²) in [5.74, 6) is -1.93. The van der Waals surface area contributed by atoms with E-state index in [1.54, 1.807) is 38.6 Å². The Labute approximate surface area is 306 Å². The van der Waals surface area contributed by atoms with Crippen molar-refractivity contribution in [3.8, 4) is 0 Å². The fourth-order valence-corrected chi connectivity index (χ4v) is 11.2. The van der Waals surface area contributed by atoms with Crippen molar-refractivity contribution in [3.63, 3.8) is 0 Å². The second kappa shape index (κ2) is 15.5. The van der Waals surface area contributed by atoms with E-state index < -0.39 is 28.7 Å². The van der Waals surface area contributed by atoms with Crippen LogP contribution in [0.15, 0.2) is 110 Å². The van der Waals surface area contributed by atoms with Crippen LogP contribution in [-0.4, -0.2) is 81.5 Å². The van der Waals surface area contributed by atoms with E-state index in [9.17, 15) is 9.90 Å². The van der Waals surface area contributed by atoms with Gasteiger partial charge in [0.1, 0.15) is 6.04 Å². The summed E-state index contributed by atoms with van der Waals surface area (Å²) in [6.07, 6.45) is 4.15. The minimum atomic E-state index is -0.917. The molecule has 8 nitrogen and oxygen atoms in total. The number of nitrogens with zero attached hydrogens (tertiary/aromatic N) is 4.